The average molecular weight is 268 g/mol. The minimum absolute atomic E-state index is 0.0273. The first-order valence-corrected chi connectivity index (χ1v) is 6.17. The zero-order valence-corrected chi connectivity index (χ0v) is 10.4. The lowest BCUT2D eigenvalue weighted by atomic mass is 10.2. The quantitative estimate of drug-likeness (QED) is 0.634. The van der Waals surface area contributed by atoms with E-state index in [0.717, 1.165) is 17.3 Å². The van der Waals surface area contributed by atoms with Gasteiger partial charge in [-0.05, 0) is 11.8 Å². The molecule has 1 aromatic carbocycles. The van der Waals surface area contributed by atoms with Crippen LogP contribution in [0.5, 0.6) is 0 Å². The van der Waals surface area contributed by atoms with Gasteiger partial charge in [0, 0.05) is 0 Å². The Hall–Kier alpha value is -2.02. The summed E-state index contributed by atoms with van der Waals surface area (Å²) >= 11 is 1.01. The van der Waals surface area contributed by atoms with Crippen molar-refractivity contribution in [1.29, 1.82) is 0 Å². The fraction of sp³-hybridized carbons (Fsp3) is 0.182. The number of benzene rings is 1. The standard InChI is InChI=1S/C11H12N2O4S/c1-18-9(12-10(14)15)13-11(16)17-7-8-5-3-2-4-6-8/h2-6H,7H2,1H3,(H,14,15)(H,12,13,16). The molecule has 0 aliphatic carbocycles. The first kappa shape index (κ1) is 14.0. The summed E-state index contributed by atoms with van der Waals surface area (Å²) in [5.41, 5.74) is 0.831. The topological polar surface area (TPSA) is 88.0 Å². The Morgan fingerprint density at radius 1 is 1.39 bits per heavy atom. The lowest BCUT2D eigenvalue weighted by Crippen LogP contribution is -2.27. The van der Waals surface area contributed by atoms with Crippen LogP contribution in [0.1, 0.15) is 5.56 Å². The zero-order chi connectivity index (χ0) is 13.4. The van der Waals surface area contributed by atoms with E-state index in [1.165, 1.54) is 0 Å². The van der Waals surface area contributed by atoms with Gasteiger partial charge in [-0.25, -0.2) is 9.59 Å². The van der Waals surface area contributed by atoms with E-state index in [1.807, 2.05) is 35.6 Å². The highest BCUT2D eigenvalue weighted by Crippen LogP contribution is 2.03. The SMILES string of the molecule is CS/C(=N\C(=O)OCc1ccccc1)NC(=O)O. The van der Waals surface area contributed by atoms with Crippen LogP contribution in [0.3, 0.4) is 0 Å². The van der Waals surface area contributed by atoms with Gasteiger partial charge in [-0.3, -0.25) is 5.32 Å². The maximum Gasteiger partial charge on any atom is 0.436 e. The van der Waals surface area contributed by atoms with Crippen molar-refractivity contribution in [3.8, 4) is 0 Å². The van der Waals surface area contributed by atoms with E-state index >= 15 is 0 Å². The number of ether oxygens (including phenoxy) is 1. The molecular formula is C11H12N2O4S. The Bertz CT molecular complexity index is 448. The molecule has 0 radical (unpaired) electrons. The molecule has 0 unspecified atom stereocenters. The molecule has 0 spiro atoms. The van der Waals surface area contributed by atoms with E-state index in [4.69, 9.17) is 9.84 Å². The van der Waals surface area contributed by atoms with Gasteiger partial charge in [0.25, 0.3) is 0 Å². The van der Waals surface area contributed by atoms with Gasteiger partial charge in [0.05, 0.1) is 0 Å². The molecule has 0 bridgehead atoms. The highest BCUT2D eigenvalue weighted by Gasteiger charge is 2.06. The number of rotatable bonds is 2. The second kappa shape index (κ2) is 7.33. The Morgan fingerprint density at radius 2 is 2.06 bits per heavy atom. The molecule has 2 amide bonds. The molecular weight excluding hydrogens is 256 g/mol. The highest BCUT2D eigenvalue weighted by atomic mass is 32.2. The van der Waals surface area contributed by atoms with Gasteiger partial charge in [-0.15, -0.1) is 0 Å². The Balaban J connectivity index is 2.50. The average Bonchev–Trinajstić information content (AvgIpc) is 2.36. The molecule has 0 atom stereocenters. The van der Waals surface area contributed by atoms with Crippen molar-refractivity contribution in [3.63, 3.8) is 0 Å². The summed E-state index contributed by atoms with van der Waals surface area (Å²) in [6.07, 6.45) is -0.518. The molecule has 2 N–H and O–H groups in total. The number of amidine groups is 1. The molecule has 0 saturated heterocycles. The largest absolute Gasteiger partial charge is 0.465 e. The third kappa shape index (κ3) is 5.35. The fourth-order valence-corrected chi connectivity index (χ4v) is 1.41. The van der Waals surface area contributed by atoms with Crippen LogP contribution in [0.15, 0.2) is 35.3 Å². The summed E-state index contributed by atoms with van der Waals surface area (Å²) in [7, 11) is 0. The van der Waals surface area contributed by atoms with E-state index in [-0.39, 0.29) is 11.8 Å². The Morgan fingerprint density at radius 3 is 2.61 bits per heavy atom. The van der Waals surface area contributed by atoms with Crippen LogP contribution < -0.4 is 5.32 Å². The normalized spacial score (nSPS) is 10.8. The van der Waals surface area contributed by atoms with Crippen molar-refractivity contribution >= 4 is 29.1 Å². The van der Waals surface area contributed by atoms with Crippen LogP contribution >= 0.6 is 11.8 Å². The summed E-state index contributed by atoms with van der Waals surface area (Å²) in [5.74, 6) is 0. The molecule has 18 heavy (non-hydrogen) atoms. The molecule has 1 rings (SSSR count). The first-order valence-electron chi connectivity index (χ1n) is 4.95. The number of thioether (sulfide) groups is 1. The summed E-state index contributed by atoms with van der Waals surface area (Å²) in [6, 6.07) is 9.12. The predicted octanol–water partition coefficient (Wildman–Crippen LogP) is 2.31. The van der Waals surface area contributed by atoms with Crippen LogP contribution in [-0.4, -0.2) is 28.7 Å². The van der Waals surface area contributed by atoms with Crippen LogP contribution in [-0.2, 0) is 11.3 Å². The van der Waals surface area contributed by atoms with Gasteiger partial charge in [0.15, 0.2) is 5.17 Å². The van der Waals surface area contributed by atoms with Crippen molar-refractivity contribution in [3.05, 3.63) is 35.9 Å². The summed E-state index contributed by atoms with van der Waals surface area (Å²) < 4.78 is 4.87. The third-order valence-corrected chi connectivity index (χ3v) is 2.39. The zero-order valence-electron chi connectivity index (χ0n) is 9.62. The smallest absolute Gasteiger partial charge is 0.436 e. The van der Waals surface area contributed by atoms with Crippen molar-refractivity contribution < 1.29 is 19.4 Å². The minimum Gasteiger partial charge on any atom is -0.465 e. The number of carbonyl (C=O) groups excluding carboxylic acids is 1. The van der Waals surface area contributed by atoms with Gasteiger partial charge < -0.3 is 9.84 Å². The Kier molecular flexibility index (Phi) is 5.72. The lowest BCUT2D eigenvalue weighted by Gasteiger charge is -2.03. The third-order valence-electron chi connectivity index (χ3n) is 1.81. The van der Waals surface area contributed by atoms with Gasteiger partial charge in [0.1, 0.15) is 6.61 Å². The second-order valence-electron chi connectivity index (χ2n) is 3.09. The molecule has 7 heteroatoms. The van der Waals surface area contributed by atoms with Crippen molar-refractivity contribution in [1.82, 2.24) is 5.32 Å². The number of hydrogen-bond acceptors (Lipinski definition) is 4. The molecule has 0 aliphatic rings. The minimum atomic E-state index is -1.28. The van der Waals surface area contributed by atoms with E-state index in [0.29, 0.717) is 0 Å². The van der Waals surface area contributed by atoms with Gasteiger partial charge in [-0.2, -0.15) is 4.99 Å². The van der Waals surface area contributed by atoms with E-state index in [1.54, 1.807) is 6.26 Å². The first-order chi connectivity index (χ1) is 8.61. The highest BCUT2D eigenvalue weighted by molar-refractivity contribution is 8.13. The molecule has 0 saturated carbocycles. The van der Waals surface area contributed by atoms with Gasteiger partial charge in [0.2, 0.25) is 0 Å². The number of amides is 2. The molecule has 0 aromatic heterocycles. The number of carbonyl (C=O) groups is 2. The maximum atomic E-state index is 11.3. The van der Waals surface area contributed by atoms with E-state index < -0.39 is 12.2 Å². The molecule has 0 aliphatic heterocycles. The molecule has 0 fully saturated rings. The van der Waals surface area contributed by atoms with Crippen molar-refractivity contribution in [2.75, 3.05) is 6.26 Å². The van der Waals surface area contributed by atoms with Crippen LogP contribution in [0.4, 0.5) is 9.59 Å². The number of nitrogens with zero attached hydrogens (tertiary/aromatic N) is 1. The monoisotopic (exact) mass is 268 g/mol. The molecule has 96 valence electrons. The van der Waals surface area contributed by atoms with Crippen molar-refractivity contribution in [2.45, 2.75) is 6.61 Å². The molecule has 6 nitrogen and oxygen atoms in total. The summed E-state index contributed by atoms with van der Waals surface area (Å²) in [5, 5.41) is 10.4. The van der Waals surface area contributed by atoms with Crippen LogP contribution in [0, 0.1) is 0 Å². The second-order valence-corrected chi connectivity index (χ2v) is 3.89. The Labute approximate surface area is 108 Å². The molecule has 0 heterocycles. The summed E-state index contributed by atoms with van der Waals surface area (Å²) in [6.45, 7) is 0.0951. The van der Waals surface area contributed by atoms with Gasteiger partial charge in [-0.1, -0.05) is 42.1 Å². The van der Waals surface area contributed by atoms with Crippen molar-refractivity contribution in [2.24, 2.45) is 4.99 Å². The number of carboxylic acid groups (broad SMARTS) is 1. The van der Waals surface area contributed by atoms with Crippen LogP contribution in [0.25, 0.3) is 0 Å². The molecule has 1 aromatic rings. The van der Waals surface area contributed by atoms with E-state index in [2.05, 4.69) is 4.99 Å². The predicted molar refractivity (Wildman–Crippen MR) is 68.7 cm³/mol. The number of hydrogen-bond donors (Lipinski definition) is 2. The maximum absolute atomic E-state index is 11.3. The number of nitrogens with one attached hydrogen (secondary N) is 1. The fourth-order valence-electron chi connectivity index (χ4n) is 1.05. The summed E-state index contributed by atoms with van der Waals surface area (Å²) in [4.78, 5) is 25.2. The number of aliphatic imine (C=N–C) groups is 1. The van der Waals surface area contributed by atoms with Gasteiger partial charge >= 0.3 is 12.2 Å². The van der Waals surface area contributed by atoms with Crippen LogP contribution in [0.2, 0.25) is 0 Å². The lowest BCUT2D eigenvalue weighted by molar-refractivity contribution is 0.151. The van der Waals surface area contributed by atoms with E-state index in [9.17, 15) is 9.59 Å².